The Bertz CT molecular complexity index is 812. The van der Waals surface area contributed by atoms with Crippen LogP contribution in [0.1, 0.15) is 29.8 Å². The molecule has 1 aromatic carbocycles. The molecule has 0 saturated heterocycles. The van der Waals surface area contributed by atoms with E-state index < -0.39 is 10.0 Å². The lowest BCUT2D eigenvalue weighted by Gasteiger charge is -2.32. The van der Waals surface area contributed by atoms with E-state index in [9.17, 15) is 8.42 Å². The molecule has 0 radical (unpaired) electrons. The zero-order valence-electron chi connectivity index (χ0n) is 14.3. The smallest absolute Gasteiger partial charge is 0.243 e. The molecule has 0 N–H and O–H groups in total. The molecule has 1 aliphatic heterocycles. The summed E-state index contributed by atoms with van der Waals surface area (Å²) >= 11 is 0. The highest BCUT2D eigenvalue weighted by Crippen LogP contribution is 2.31. The van der Waals surface area contributed by atoms with Gasteiger partial charge in [0.2, 0.25) is 10.0 Å². The molecule has 130 valence electrons. The highest BCUT2D eigenvalue weighted by atomic mass is 32.2. The van der Waals surface area contributed by atoms with Gasteiger partial charge in [-0.1, -0.05) is 17.7 Å². The molecule has 2 heterocycles. The average Bonchev–Trinajstić information content (AvgIpc) is 2.94. The fourth-order valence-corrected chi connectivity index (χ4v) is 4.58. The molecule has 0 unspecified atom stereocenters. The fourth-order valence-electron chi connectivity index (χ4n) is 3.13. The summed E-state index contributed by atoms with van der Waals surface area (Å²) in [5.74, 6) is -0.0126. The number of rotatable bonds is 5. The van der Waals surface area contributed by atoms with Gasteiger partial charge in [0, 0.05) is 31.8 Å². The molecule has 6 nitrogen and oxygen atoms in total. The number of aryl methyl sites for hydroxylation is 2. The zero-order valence-corrected chi connectivity index (χ0v) is 15.1. The number of imidazole rings is 1. The summed E-state index contributed by atoms with van der Waals surface area (Å²) in [6.45, 7) is 5.68. The maximum atomic E-state index is 13.0. The van der Waals surface area contributed by atoms with E-state index in [4.69, 9.17) is 4.74 Å². The van der Waals surface area contributed by atoms with Gasteiger partial charge in [0.1, 0.15) is 0 Å². The minimum atomic E-state index is -3.54. The van der Waals surface area contributed by atoms with Crippen molar-refractivity contribution in [3.63, 3.8) is 0 Å². The Morgan fingerprint density at radius 3 is 2.67 bits per heavy atom. The monoisotopic (exact) mass is 349 g/mol. The summed E-state index contributed by atoms with van der Waals surface area (Å²) in [5, 5.41) is 0. The van der Waals surface area contributed by atoms with Crippen LogP contribution in [0.25, 0.3) is 0 Å². The van der Waals surface area contributed by atoms with Crippen LogP contribution in [0.3, 0.4) is 0 Å². The molecule has 2 aromatic rings. The van der Waals surface area contributed by atoms with Gasteiger partial charge in [-0.15, -0.1) is 0 Å². The molecule has 0 amide bonds. The molecule has 1 atom stereocenters. The van der Waals surface area contributed by atoms with Crippen LogP contribution in [-0.2, 0) is 28.4 Å². The van der Waals surface area contributed by atoms with E-state index >= 15 is 0 Å². The molecule has 0 bridgehead atoms. The summed E-state index contributed by atoms with van der Waals surface area (Å²) in [5.41, 5.74) is 2.91. The quantitative estimate of drug-likeness (QED) is 0.829. The van der Waals surface area contributed by atoms with E-state index in [1.54, 1.807) is 18.5 Å². The third-order valence-electron chi connectivity index (χ3n) is 4.38. The van der Waals surface area contributed by atoms with Gasteiger partial charge in [0.15, 0.2) is 0 Å². The summed E-state index contributed by atoms with van der Waals surface area (Å²) in [6.07, 6.45) is 1.74. The summed E-state index contributed by atoms with van der Waals surface area (Å²) < 4.78 is 35.0. The van der Waals surface area contributed by atoms with Gasteiger partial charge in [-0.2, -0.15) is 4.31 Å². The molecule has 0 aliphatic carbocycles. The standard InChI is InChI=1S/C17H23N3O3S/c1-4-23-11-14-9-20(10-16-17(14)19(3)12-18-16)24(21,22)15-7-5-13(2)6-8-15/h5-8,12,14H,4,9-11H2,1-3H3/t14-/m0/s1. The second-order valence-corrected chi connectivity index (χ2v) is 8.09. The van der Waals surface area contributed by atoms with E-state index in [1.807, 2.05) is 37.6 Å². The van der Waals surface area contributed by atoms with Crippen molar-refractivity contribution in [3.8, 4) is 0 Å². The molecule has 1 aliphatic rings. The molecular formula is C17H23N3O3S. The summed E-state index contributed by atoms with van der Waals surface area (Å²) in [4.78, 5) is 4.71. The first-order chi connectivity index (χ1) is 11.4. The fraction of sp³-hybridized carbons (Fsp3) is 0.471. The van der Waals surface area contributed by atoms with Crippen molar-refractivity contribution < 1.29 is 13.2 Å². The number of sulfonamides is 1. The van der Waals surface area contributed by atoms with Crippen LogP contribution in [0.5, 0.6) is 0 Å². The number of aromatic nitrogens is 2. The van der Waals surface area contributed by atoms with Crippen LogP contribution in [0.2, 0.25) is 0 Å². The average molecular weight is 349 g/mol. The first-order valence-electron chi connectivity index (χ1n) is 8.08. The lowest BCUT2D eigenvalue weighted by Crippen LogP contribution is -2.40. The van der Waals surface area contributed by atoms with E-state index in [2.05, 4.69) is 4.98 Å². The molecule has 1 aromatic heterocycles. The molecular weight excluding hydrogens is 326 g/mol. The van der Waals surface area contributed by atoms with Crippen LogP contribution in [0.15, 0.2) is 35.5 Å². The van der Waals surface area contributed by atoms with Crippen molar-refractivity contribution in [2.75, 3.05) is 19.8 Å². The first kappa shape index (κ1) is 17.1. The first-order valence-corrected chi connectivity index (χ1v) is 9.52. The van der Waals surface area contributed by atoms with E-state index in [-0.39, 0.29) is 5.92 Å². The largest absolute Gasteiger partial charge is 0.381 e. The van der Waals surface area contributed by atoms with Crippen molar-refractivity contribution in [1.82, 2.24) is 13.9 Å². The lowest BCUT2D eigenvalue weighted by molar-refractivity contribution is 0.119. The Kier molecular flexibility index (Phi) is 4.76. The van der Waals surface area contributed by atoms with Crippen molar-refractivity contribution in [2.24, 2.45) is 7.05 Å². The van der Waals surface area contributed by atoms with Crippen LogP contribution in [-0.4, -0.2) is 42.0 Å². The van der Waals surface area contributed by atoms with Crippen molar-refractivity contribution in [3.05, 3.63) is 47.5 Å². The predicted octanol–water partition coefficient (Wildman–Crippen LogP) is 2.05. The topological polar surface area (TPSA) is 64.4 Å². The Hall–Kier alpha value is -1.70. The number of ether oxygens (including phenoxy) is 1. The Balaban J connectivity index is 1.93. The molecule has 7 heteroatoms. The number of fused-ring (bicyclic) bond motifs is 1. The van der Waals surface area contributed by atoms with Crippen LogP contribution in [0.4, 0.5) is 0 Å². The molecule has 0 spiro atoms. The Morgan fingerprint density at radius 1 is 1.29 bits per heavy atom. The van der Waals surface area contributed by atoms with Crippen LogP contribution in [0, 0.1) is 6.92 Å². The van der Waals surface area contributed by atoms with Gasteiger partial charge in [-0.25, -0.2) is 13.4 Å². The maximum Gasteiger partial charge on any atom is 0.243 e. The normalized spacial score (nSPS) is 18.5. The van der Waals surface area contributed by atoms with Gasteiger partial charge < -0.3 is 9.30 Å². The van der Waals surface area contributed by atoms with Gasteiger partial charge in [0.25, 0.3) is 0 Å². The van der Waals surface area contributed by atoms with Crippen LogP contribution >= 0.6 is 0 Å². The second-order valence-electron chi connectivity index (χ2n) is 6.15. The maximum absolute atomic E-state index is 13.0. The zero-order chi connectivity index (χ0) is 17.3. The van der Waals surface area contributed by atoms with Crippen molar-refractivity contribution in [2.45, 2.75) is 31.2 Å². The summed E-state index contributed by atoms with van der Waals surface area (Å²) in [6, 6.07) is 6.97. The van der Waals surface area contributed by atoms with Gasteiger partial charge in [-0.3, -0.25) is 0 Å². The van der Waals surface area contributed by atoms with Crippen molar-refractivity contribution in [1.29, 1.82) is 0 Å². The number of hydrogen-bond donors (Lipinski definition) is 0. The minimum absolute atomic E-state index is 0.0126. The highest BCUT2D eigenvalue weighted by molar-refractivity contribution is 7.89. The lowest BCUT2D eigenvalue weighted by atomic mass is 10.0. The van der Waals surface area contributed by atoms with E-state index in [1.165, 1.54) is 4.31 Å². The van der Waals surface area contributed by atoms with Gasteiger partial charge >= 0.3 is 0 Å². The van der Waals surface area contributed by atoms with Gasteiger partial charge in [-0.05, 0) is 26.0 Å². The highest BCUT2D eigenvalue weighted by Gasteiger charge is 2.35. The number of hydrogen-bond acceptors (Lipinski definition) is 4. The third kappa shape index (κ3) is 3.11. The predicted molar refractivity (Wildman–Crippen MR) is 91.2 cm³/mol. The van der Waals surface area contributed by atoms with Gasteiger partial charge in [0.05, 0.1) is 30.1 Å². The minimum Gasteiger partial charge on any atom is -0.381 e. The Morgan fingerprint density at radius 2 is 2.00 bits per heavy atom. The SMILES string of the molecule is CCOC[C@@H]1CN(S(=O)(=O)c2ccc(C)cc2)Cc2ncn(C)c21. The Labute approximate surface area is 143 Å². The van der Waals surface area contributed by atoms with Crippen LogP contribution < -0.4 is 0 Å². The number of benzene rings is 1. The third-order valence-corrected chi connectivity index (χ3v) is 6.21. The molecule has 0 saturated carbocycles. The van der Waals surface area contributed by atoms with E-state index in [0.717, 1.165) is 17.0 Å². The molecule has 3 rings (SSSR count). The second kappa shape index (κ2) is 6.66. The molecule has 0 fully saturated rings. The number of nitrogens with zero attached hydrogens (tertiary/aromatic N) is 3. The van der Waals surface area contributed by atoms with Crippen molar-refractivity contribution >= 4 is 10.0 Å². The van der Waals surface area contributed by atoms with E-state index in [0.29, 0.717) is 31.2 Å². The molecule has 24 heavy (non-hydrogen) atoms. The summed E-state index contributed by atoms with van der Waals surface area (Å²) in [7, 11) is -1.60.